The number of rotatable bonds is 3. The van der Waals surface area contributed by atoms with Crippen LogP contribution >= 0.6 is 0 Å². The molecule has 5 heteroatoms. The number of nitrogens with zero attached hydrogens (tertiary/aromatic N) is 1. The quantitative estimate of drug-likeness (QED) is 0.837. The van der Waals surface area contributed by atoms with E-state index in [1.807, 2.05) is 6.07 Å². The lowest BCUT2D eigenvalue weighted by atomic mass is 10.1. The number of esters is 1. The van der Waals surface area contributed by atoms with Crippen molar-refractivity contribution in [1.29, 1.82) is 0 Å². The number of benzene rings is 1. The third kappa shape index (κ3) is 1.97. The second-order valence-corrected chi connectivity index (χ2v) is 4.39. The first-order valence-corrected chi connectivity index (χ1v) is 5.95. The predicted octanol–water partition coefficient (Wildman–Crippen LogP) is 1.68. The lowest BCUT2D eigenvalue weighted by Gasteiger charge is -2.25. The van der Waals surface area contributed by atoms with E-state index in [0.29, 0.717) is 5.56 Å². The molecule has 1 fully saturated rings. The minimum atomic E-state index is -0.338. The summed E-state index contributed by atoms with van der Waals surface area (Å²) in [5.41, 5.74) is 2.24. The van der Waals surface area contributed by atoms with Gasteiger partial charge in [0.15, 0.2) is 0 Å². The zero-order valence-electron chi connectivity index (χ0n) is 10.1. The summed E-state index contributed by atoms with van der Waals surface area (Å²) in [7, 11) is 1.37. The molecule has 0 amide bonds. The van der Waals surface area contributed by atoms with Crippen molar-refractivity contribution in [2.45, 2.75) is 18.9 Å². The van der Waals surface area contributed by atoms with Crippen LogP contribution in [0.15, 0.2) is 18.2 Å². The average molecular weight is 246 g/mol. The fourth-order valence-electron chi connectivity index (χ4n) is 2.07. The highest BCUT2D eigenvalue weighted by Gasteiger charge is 2.20. The molecule has 94 valence electrons. The van der Waals surface area contributed by atoms with Crippen LogP contribution in [0.2, 0.25) is 0 Å². The lowest BCUT2D eigenvalue weighted by Crippen LogP contribution is -2.29. The third-order valence-electron chi connectivity index (χ3n) is 3.17. The van der Waals surface area contributed by atoms with E-state index in [9.17, 15) is 4.79 Å². The molecule has 0 unspecified atom stereocenters. The van der Waals surface area contributed by atoms with E-state index < -0.39 is 0 Å². The molecular weight excluding hydrogens is 232 g/mol. The Morgan fingerprint density at radius 2 is 2.44 bits per heavy atom. The molecular formula is C13H14N2O3. The van der Waals surface area contributed by atoms with Crippen molar-refractivity contribution in [2.24, 2.45) is 0 Å². The third-order valence-corrected chi connectivity index (χ3v) is 3.17. The van der Waals surface area contributed by atoms with Crippen LogP contribution in [0.4, 0.5) is 0 Å². The average Bonchev–Trinajstić information content (AvgIpc) is 2.74. The highest BCUT2D eigenvalue weighted by molar-refractivity contribution is 5.93. The van der Waals surface area contributed by atoms with Gasteiger partial charge in [-0.05, 0) is 24.6 Å². The van der Waals surface area contributed by atoms with E-state index in [0.717, 1.165) is 36.3 Å². The first-order chi connectivity index (χ1) is 8.76. The first kappa shape index (κ1) is 11.2. The molecule has 0 radical (unpaired) electrons. The number of hydrogen-bond acceptors (Lipinski definition) is 4. The van der Waals surface area contributed by atoms with Gasteiger partial charge in [0.25, 0.3) is 0 Å². The molecule has 0 saturated carbocycles. The van der Waals surface area contributed by atoms with Gasteiger partial charge in [0.2, 0.25) is 0 Å². The number of aromatic amines is 1. The summed E-state index contributed by atoms with van der Waals surface area (Å²) in [4.78, 5) is 19.1. The number of fused-ring (bicyclic) bond motifs is 1. The van der Waals surface area contributed by atoms with Crippen molar-refractivity contribution >= 4 is 17.0 Å². The smallest absolute Gasteiger partial charge is 0.337 e. The molecule has 1 aromatic carbocycles. The van der Waals surface area contributed by atoms with Crippen molar-refractivity contribution in [1.82, 2.24) is 9.97 Å². The number of carbonyl (C=O) groups excluding carboxylic acids is 1. The Labute approximate surface area is 104 Å². The maximum absolute atomic E-state index is 11.4. The Bertz CT molecular complexity index is 587. The van der Waals surface area contributed by atoms with E-state index in [2.05, 4.69) is 14.7 Å². The van der Waals surface area contributed by atoms with Crippen LogP contribution in [-0.2, 0) is 15.9 Å². The van der Waals surface area contributed by atoms with Crippen LogP contribution in [0.1, 0.15) is 22.6 Å². The van der Waals surface area contributed by atoms with Gasteiger partial charge in [-0.1, -0.05) is 0 Å². The topological polar surface area (TPSA) is 64.2 Å². The van der Waals surface area contributed by atoms with Crippen LogP contribution in [0, 0.1) is 0 Å². The van der Waals surface area contributed by atoms with Gasteiger partial charge < -0.3 is 14.5 Å². The monoisotopic (exact) mass is 246 g/mol. The lowest BCUT2D eigenvalue weighted by molar-refractivity contribution is -0.0500. The number of hydrogen-bond donors (Lipinski definition) is 1. The summed E-state index contributed by atoms with van der Waals surface area (Å²) >= 11 is 0. The number of aromatic nitrogens is 2. The largest absolute Gasteiger partial charge is 0.465 e. The van der Waals surface area contributed by atoms with Gasteiger partial charge >= 0.3 is 5.97 Å². The van der Waals surface area contributed by atoms with Gasteiger partial charge in [0, 0.05) is 13.0 Å². The summed E-state index contributed by atoms with van der Waals surface area (Å²) < 4.78 is 10.1. The number of ether oxygens (including phenoxy) is 2. The van der Waals surface area contributed by atoms with Crippen molar-refractivity contribution in [3.8, 4) is 0 Å². The molecule has 5 nitrogen and oxygen atoms in total. The second kappa shape index (κ2) is 4.42. The van der Waals surface area contributed by atoms with Crippen molar-refractivity contribution < 1.29 is 14.3 Å². The Morgan fingerprint density at radius 1 is 1.61 bits per heavy atom. The molecule has 0 aliphatic carbocycles. The van der Waals surface area contributed by atoms with Crippen LogP contribution < -0.4 is 0 Å². The van der Waals surface area contributed by atoms with E-state index >= 15 is 0 Å². The molecule has 1 N–H and O–H groups in total. The molecule has 3 rings (SSSR count). The summed E-state index contributed by atoms with van der Waals surface area (Å²) in [5.74, 6) is 0.562. The normalized spacial score (nSPS) is 18.6. The van der Waals surface area contributed by atoms with Crippen molar-refractivity contribution in [3.63, 3.8) is 0 Å². The van der Waals surface area contributed by atoms with Crippen LogP contribution in [0.3, 0.4) is 0 Å². The van der Waals surface area contributed by atoms with Crippen LogP contribution in [-0.4, -0.2) is 35.8 Å². The van der Waals surface area contributed by atoms with E-state index in [1.165, 1.54) is 7.11 Å². The minimum Gasteiger partial charge on any atom is -0.465 e. The summed E-state index contributed by atoms with van der Waals surface area (Å²) in [6.07, 6.45) is 2.16. The standard InChI is InChI=1S/C13H14N2O3/c1-17-13(16)8-2-3-10-11(6-8)15-12(14-10)7-9-4-5-18-9/h2-3,6,9H,4-5,7H2,1H3,(H,14,15)/t9-/m1/s1. The molecule has 1 aliphatic rings. The summed E-state index contributed by atoms with van der Waals surface area (Å²) in [5, 5.41) is 0. The molecule has 2 aromatic rings. The first-order valence-electron chi connectivity index (χ1n) is 5.95. The maximum Gasteiger partial charge on any atom is 0.337 e. The second-order valence-electron chi connectivity index (χ2n) is 4.39. The zero-order valence-corrected chi connectivity index (χ0v) is 10.1. The highest BCUT2D eigenvalue weighted by Crippen LogP contribution is 2.19. The van der Waals surface area contributed by atoms with E-state index in [4.69, 9.17) is 4.74 Å². The highest BCUT2D eigenvalue weighted by atomic mass is 16.5. The SMILES string of the molecule is COC(=O)c1ccc2nc(C[C@H]3CCO3)[nH]c2c1. The number of imidazole rings is 1. The number of nitrogens with one attached hydrogen (secondary N) is 1. The van der Waals surface area contributed by atoms with Crippen molar-refractivity contribution in [2.75, 3.05) is 13.7 Å². The summed E-state index contributed by atoms with van der Waals surface area (Å²) in [6, 6.07) is 5.31. The zero-order chi connectivity index (χ0) is 12.5. The summed E-state index contributed by atoms with van der Waals surface area (Å²) in [6.45, 7) is 0.845. The van der Waals surface area contributed by atoms with Crippen LogP contribution in [0.25, 0.3) is 11.0 Å². The number of carbonyl (C=O) groups is 1. The van der Waals surface area contributed by atoms with Crippen LogP contribution in [0.5, 0.6) is 0 Å². The molecule has 0 spiro atoms. The van der Waals surface area contributed by atoms with Gasteiger partial charge in [-0.2, -0.15) is 0 Å². The Hall–Kier alpha value is -1.88. The molecule has 0 bridgehead atoms. The molecule has 1 aromatic heterocycles. The van der Waals surface area contributed by atoms with Gasteiger partial charge in [-0.15, -0.1) is 0 Å². The number of H-pyrrole nitrogens is 1. The predicted molar refractivity (Wildman–Crippen MR) is 65.5 cm³/mol. The number of methoxy groups -OCH3 is 1. The van der Waals surface area contributed by atoms with Gasteiger partial charge in [0.1, 0.15) is 5.82 Å². The molecule has 1 saturated heterocycles. The molecule has 1 atom stereocenters. The van der Waals surface area contributed by atoms with Gasteiger partial charge in [0.05, 0.1) is 29.8 Å². The maximum atomic E-state index is 11.4. The van der Waals surface area contributed by atoms with Gasteiger partial charge in [-0.3, -0.25) is 0 Å². The molecule has 18 heavy (non-hydrogen) atoms. The fraction of sp³-hybridized carbons (Fsp3) is 0.385. The minimum absolute atomic E-state index is 0.283. The Morgan fingerprint density at radius 3 is 3.11 bits per heavy atom. The fourth-order valence-corrected chi connectivity index (χ4v) is 2.07. The Balaban J connectivity index is 1.88. The molecule has 1 aliphatic heterocycles. The van der Waals surface area contributed by atoms with Gasteiger partial charge in [-0.25, -0.2) is 9.78 Å². The Kier molecular flexibility index (Phi) is 2.76. The van der Waals surface area contributed by atoms with Crippen molar-refractivity contribution in [3.05, 3.63) is 29.6 Å². The van der Waals surface area contributed by atoms with E-state index in [-0.39, 0.29) is 12.1 Å². The molecule has 2 heterocycles. The van der Waals surface area contributed by atoms with E-state index in [1.54, 1.807) is 12.1 Å².